The largest absolute Gasteiger partial charge is 0.480 e. The summed E-state index contributed by atoms with van der Waals surface area (Å²) in [5.74, 6) is -2.23. The second-order valence-corrected chi connectivity index (χ2v) is 6.41. The molecule has 0 saturated heterocycles. The number of anilines is 1. The average molecular weight is 404 g/mol. The predicted octanol–water partition coefficient (Wildman–Crippen LogP) is 3.79. The molecule has 27 heavy (non-hydrogen) atoms. The number of hydrogen-bond donors (Lipinski definition) is 3. The molecule has 0 fully saturated rings. The Morgan fingerprint density at radius 1 is 1.37 bits per heavy atom. The topological polar surface area (TPSA) is 102 Å². The number of carbonyl (C=O) groups excluding carboxylic acids is 1. The molecule has 0 bridgehead atoms. The second-order valence-electron chi connectivity index (χ2n) is 6.00. The molecule has 0 aliphatic carbocycles. The van der Waals surface area contributed by atoms with E-state index in [4.69, 9.17) is 22.0 Å². The Morgan fingerprint density at radius 2 is 2.00 bits per heavy atom. The lowest BCUT2D eigenvalue weighted by molar-refractivity contribution is -0.141. The van der Waals surface area contributed by atoms with Crippen molar-refractivity contribution in [3.05, 3.63) is 40.6 Å². The summed E-state index contributed by atoms with van der Waals surface area (Å²) in [4.78, 5) is 23.2. The minimum absolute atomic E-state index is 0.0195. The van der Waals surface area contributed by atoms with Crippen molar-refractivity contribution in [1.29, 1.82) is 5.26 Å². The molecule has 6 nitrogen and oxygen atoms in total. The Hall–Kier alpha value is -2.73. The summed E-state index contributed by atoms with van der Waals surface area (Å²) < 4.78 is 38.5. The monoisotopic (exact) mass is 403 g/mol. The highest BCUT2D eigenvalue weighted by atomic mass is 35.5. The number of carboxylic acids is 1. The second kappa shape index (κ2) is 9.28. The summed E-state index contributed by atoms with van der Waals surface area (Å²) in [6.07, 6.45) is -3.62. The quantitative estimate of drug-likeness (QED) is 0.475. The van der Waals surface area contributed by atoms with Crippen molar-refractivity contribution in [2.75, 3.05) is 5.32 Å². The van der Waals surface area contributed by atoms with E-state index in [-0.39, 0.29) is 18.0 Å². The van der Waals surface area contributed by atoms with Gasteiger partial charge in [-0.25, -0.2) is 4.79 Å². The molecule has 0 saturated carbocycles. The summed E-state index contributed by atoms with van der Waals surface area (Å²) >= 11 is 5.51. The van der Waals surface area contributed by atoms with Crippen LogP contribution in [-0.4, -0.2) is 23.0 Å². The fraction of sp³-hybridized carbons (Fsp3) is 0.353. The van der Waals surface area contributed by atoms with E-state index in [0.29, 0.717) is 0 Å². The van der Waals surface area contributed by atoms with Crippen molar-refractivity contribution in [2.45, 2.75) is 32.5 Å². The van der Waals surface area contributed by atoms with E-state index in [2.05, 4.69) is 10.6 Å². The van der Waals surface area contributed by atoms with Crippen LogP contribution in [-0.2, 0) is 15.8 Å². The number of rotatable bonds is 7. The zero-order valence-electron chi connectivity index (χ0n) is 14.4. The van der Waals surface area contributed by atoms with Gasteiger partial charge >= 0.3 is 12.1 Å². The number of hydrogen-bond acceptors (Lipinski definition) is 4. The van der Waals surface area contributed by atoms with Gasteiger partial charge in [0.05, 0.1) is 10.6 Å². The first kappa shape index (κ1) is 22.3. The number of nitrogens with zero attached hydrogens (tertiary/aromatic N) is 1. The Kier molecular flexibility index (Phi) is 7.67. The Balaban J connectivity index is 2.96. The van der Waals surface area contributed by atoms with Gasteiger partial charge in [-0.1, -0.05) is 25.4 Å². The lowest BCUT2D eigenvalue weighted by Crippen LogP contribution is -2.42. The van der Waals surface area contributed by atoms with Gasteiger partial charge in [0.15, 0.2) is 0 Å². The number of carboxylic acid groups (broad SMARTS) is 1. The molecule has 0 spiro atoms. The molecule has 1 rings (SSSR count). The normalized spacial score (nSPS) is 13.0. The SMILES string of the molecule is CC(C)CC(NC(=O)/C(C#N)=C\Nc1ccc(Cl)c(C(F)(F)F)c1)C(=O)O. The Morgan fingerprint density at radius 3 is 2.48 bits per heavy atom. The van der Waals surface area contributed by atoms with Crippen molar-refractivity contribution in [2.24, 2.45) is 5.92 Å². The van der Waals surface area contributed by atoms with Gasteiger partial charge in [-0.05, 0) is 30.5 Å². The molecule has 3 N–H and O–H groups in total. The molecule has 1 amide bonds. The van der Waals surface area contributed by atoms with Crippen LogP contribution in [0.5, 0.6) is 0 Å². The highest BCUT2D eigenvalue weighted by molar-refractivity contribution is 6.31. The van der Waals surface area contributed by atoms with E-state index in [1.165, 1.54) is 6.07 Å². The van der Waals surface area contributed by atoms with Crippen molar-refractivity contribution in [3.8, 4) is 6.07 Å². The fourth-order valence-electron chi connectivity index (χ4n) is 2.07. The zero-order chi connectivity index (χ0) is 20.8. The van der Waals surface area contributed by atoms with Crippen LogP contribution in [0.25, 0.3) is 0 Å². The molecular formula is C17H17ClF3N3O3. The summed E-state index contributed by atoms with van der Waals surface area (Å²) in [5.41, 5.74) is -1.62. The number of carbonyl (C=O) groups is 2. The van der Waals surface area contributed by atoms with Crippen molar-refractivity contribution < 1.29 is 27.9 Å². The van der Waals surface area contributed by atoms with Gasteiger partial charge in [-0.15, -0.1) is 0 Å². The van der Waals surface area contributed by atoms with E-state index in [1.807, 2.05) is 0 Å². The van der Waals surface area contributed by atoms with E-state index in [0.717, 1.165) is 18.3 Å². The number of nitrogens with one attached hydrogen (secondary N) is 2. The molecule has 0 aromatic heterocycles. The third kappa shape index (κ3) is 6.83. The number of amides is 1. The maximum Gasteiger partial charge on any atom is 0.417 e. The number of halogens is 4. The molecule has 1 aromatic rings. The fourth-order valence-corrected chi connectivity index (χ4v) is 2.29. The number of benzene rings is 1. The summed E-state index contributed by atoms with van der Waals surface area (Å²) in [5, 5.41) is 22.3. The highest BCUT2D eigenvalue weighted by Crippen LogP contribution is 2.36. The van der Waals surface area contributed by atoms with Crippen LogP contribution in [0.2, 0.25) is 5.02 Å². The maximum absolute atomic E-state index is 12.8. The molecule has 1 atom stereocenters. The number of nitriles is 1. The van der Waals surface area contributed by atoms with Crippen molar-refractivity contribution in [3.63, 3.8) is 0 Å². The van der Waals surface area contributed by atoms with Crippen LogP contribution in [0.4, 0.5) is 18.9 Å². The number of aliphatic carboxylic acids is 1. The Bertz CT molecular complexity index is 786. The third-order valence-electron chi connectivity index (χ3n) is 3.33. The number of alkyl halides is 3. The molecule has 10 heteroatoms. The molecule has 1 unspecified atom stereocenters. The minimum Gasteiger partial charge on any atom is -0.480 e. The van der Waals surface area contributed by atoms with E-state index < -0.39 is 40.3 Å². The lowest BCUT2D eigenvalue weighted by Gasteiger charge is -2.16. The van der Waals surface area contributed by atoms with E-state index in [9.17, 15) is 22.8 Å². The lowest BCUT2D eigenvalue weighted by atomic mass is 10.0. The first-order chi connectivity index (χ1) is 12.5. The molecule has 0 heterocycles. The van der Waals surface area contributed by atoms with Crippen molar-refractivity contribution in [1.82, 2.24) is 5.32 Å². The van der Waals surface area contributed by atoms with E-state index in [1.54, 1.807) is 19.9 Å². The van der Waals surface area contributed by atoms with Crippen LogP contribution >= 0.6 is 11.6 Å². The molecule has 0 radical (unpaired) electrons. The van der Waals surface area contributed by atoms with Gasteiger partial charge in [-0.3, -0.25) is 4.79 Å². The van der Waals surface area contributed by atoms with Crippen LogP contribution in [0.15, 0.2) is 30.0 Å². The van der Waals surface area contributed by atoms with Crippen LogP contribution in [0, 0.1) is 17.2 Å². The first-order valence-corrected chi connectivity index (χ1v) is 8.10. The van der Waals surface area contributed by atoms with Gasteiger partial charge < -0.3 is 15.7 Å². The zero-order valence-corrected chi connectivity index (χ0v) is 15.1. The minimum atomic E-state index is -4.67. The van der Waals surface area contributed by atoms with Gasteiger partial charge in [-0.2, -0.15) is 18.4 Å². The predicted molar refractivity (Wildman–Crippen MR) is 92.8 cm³/mol. The van der Waals surface area contributed by atoms with Gasteiger partial charge in [0.1, 0.15) is 17.7 Å². The average Bonchev–Trinajstić information content (AvgIpc) is 2.54. The Labute approximate surface area is 158 Å². The molecule has 0 aliphatic heterocycles. The summed E-state index contributed by atoms with van der Waals surface area (Å²) in [6, 6.07) is 3.36. The molecular weight excluding hydrogens is 387 g/mol. The standard InChI is InChI=1S/C17H17ClF3N3O3/c1-9(2)5-14(16(26)27)24-15(25)10(7-22)8-23-11-3-4-13(18)12(6-11)17(19,20)21/h3-4,6,8-9,14,23H,5H2,1-2H3,(H,24,25)(H,26,27)/b10-8-. The van der Waals surface area contributed by atoms with Gasteiger partial charge in [0.25, 0.3) is 5.91 Å². The van der Waals surface area contributed by atoms with Crippen LogP contribution in [0.3, 0.4) is 0 Å². The van der Waals surface area contributed by atoms with Crippen LogP contribution in [0.1, 0.15) is 25.8 Å². The third-order valence-corrected chi connectivity index (χ3v) is 3.66. The van der Waals surface area contributed by atoms with Crippen LogP contribution < -0.4 is 10.6 Å². The molecule has 146 valence electrons. The van der Waals surface area contributed by atoms with E-state index >= 15 is 0 Å². The van der Waals surface area contributed by atoms with Crippen molar-refractivity contribution >= 4 is 29.2 Å². The first-order valence-electron chi connectivity index (χ1n) is 7.73. The highest BCUT2D eigenvalue weighted by Gasteiger charge is 2.33. The molecule has 1 aromatic carbocycles. The van der Waals surface area contributed by atoms with Gasteiger partial charge in [0, 0.05) is 11.9 Å². The molecule has 0 aliphatic rings. The van der Waals surface area contributed by atoms with Gasteiger partial charge in [0.2, 0.25) is 0 Å². The smallest absolute Gasteiger partial charge is 0.417 e. The summed E-state index contributed by atoms with van der Waals surface area (Å²) in [7, 11) is 0. The summed E-state index contributed by atoms with van der Waals surface area (Å²) in [6.45, 7) is 3.53. The maximum atomic E-state index is 12.8.